The van der Waals surface area contributed by atoms with E-state index in [4.69, 9.17) is 14.2 Å². The zero-order valence-corrected chi connectivity index (χ0v) is 17.3. The molecule has 152 valence electrons. The van der Waals surface area contributed by atoms with E-state index in [-0.39, 0.29) is 18.4 Å². The summed E-state index contributed by atoms with van der Waals surface area (Å²) in [5.41, 5.74) is 1.88. The molecule has 0 unspecified atom stereocenters. The lowest BCUT2D eigenvalue weighted by Gasteiger charge is -2.31. The van der Waals surface area contributed by atoms with Crippen molar-refractivity contribution in [2.45, 2.75) is 39.0 Å². The fraction of sp³-hybridized carbons (Fsp3) is 0.429. The van der Waals surface area contributed by atoms with Crippen LogP contribution in [-0.4, -0.2) is 46.6 Å². The normalized spacial score (nSPS) is 16.9. The topological polar surface area (TPSA) is 85.5 Å². The van der Waals surface area contributed by atoms with Crippen LogP contribution in [0.5, 0.6) is 0 Å². The molecule has 3 heterocycles. The maximum absolute atomic E-state index is 12.7. The van der Waals surface area contributed by atoms with Crippen LogP contribution in [0.4, 0.5) is 0 Å². The molecule has 0 N–H and O–H groups in total. The Morgan fingerprint density at radius 3 is 2.97 bits per heavy atom. The highest BCUT2D eigenvalue weighted by Crippen LogP contribution is 2.33. The van der Waals surface area contributed by atoms with Crippen LogP contribution in [0.25, 0.3) is 10.2 Å². The largest absolute Gasteiger partial charge is 0.452 e. The van der Waals surface area contributed by atoms with Gasteiger partial charge in [0.25, 0.3) is 5.91 Å². The molecule has 4 rings (SSSR count). The Kier molecular flexibility index (Phi) is 5.62. The maximum atomic E-state index is 12.7. The number of likely N-dealkylation sites (tertiary alicyclic amines) is 1. The smallest absolute Gasteiger partial charge is 0.344 e. The number of amides is 1. The number of rotatable bonds is 5. The number of piperidine rings is 1. The number of carbonyl (C=O) groups excluding carboxylic acids is 2. The number of ether oxygens (including phenoxy) is 1. The van der Waals surface area contributed by atoms with Crippen LogP contribution in [-0.2, 0) is 16.0 Å². The van der Waals surface area contributed by atoms with Gasteiger partial charge in [-0.3, -0.25) is 4.79 Å². The predicted octanol–water partition coefficient (Wildman–Crippen LogP) is 3.72. The van der Waals surface area contributed by atoms with E-state index >= 15 is 0 Å². The molecule has 1 amide bonds. The Bertz CT molecular complexity index is 1010. The number of carbonyl (C=O) groups is 2. The molecule has 0 aliphatic carbocycles. The van der Waals surface area contributed by atoms with Gasteiger partial charge < -0.3 is 14.2 Å². The van der Waals surface area contributed by atoms with Gasteiger partial charge in [-0.15, -0.1) is 11.3 Å². The molecule has 1 atom stereocenters. The Balaban J connectivity index is 1.38. The van der Waals surface area contributed by atoms with E-state index in [1.165, 1.54) is 0 Å². The predicted molar refractivity (Wildman–Crippen MR) is 109 cm³/mol. The van der Waals surface area contributed by atoms with E-state index in [1.54, 1.807) is 23.2 Å². The summed E-state index contributed by atoms with van der Waals surface area (Å²) in [6, 6.07) is 8.07. The van der Waals surface area contributed by atoms with Gasteiger partial charge in [-0.25, -0.2) is 9.78 Å². The summed E-state index contributed by atoms with van der Waals surface area (Å²) in [7, 11) is 0. The van der Waals surface area contributed by atoms with Crippen molar-refractivity contribution in [2.75, 3.05) is 19.7 Å². The molecule has 1 aliphatic rings. The number of fused-ring (bicyclic) bond motifs is 1. The van der Waals surface area contributed by atoms with Crippen molar-refractivity contribution in [3.8, 4) is 0 Å². The number of esters is 1. The number of benzene rings is 1. The first-order valence-corrected chi connectivity index (χ1v) is 10.6. The first-order chi connectivity index (χ1) is 14.1. The zero-order valence-electron chi connectivity index (χ0n) is 16.5. The minimum absolute atomic E-state index is 0.184. The van der Waals surface area contributed by atoms with Gasteiger partial charge in [0, 0.05) is 19.0 Å². The van der Waals surface area contributed by atoms with Crippen LogP contribution in [0, 0.1) is 6.92 Å². The van der Waals surface area contributed by atoms with Crippen molar-refractivity contribution < 1.29 is 18.8 Å². The molecule has 0 saturated carbocycles. The number of hydrogen-bond acceptors (Lipinski definition) is 7. The van der Waals surface area contributed by atoms with Crippen molar-refractivity contribution in [3.63, 3.8) is 0 Å². The van der Waals surface area contributed by atoms with Crippen LogP contribution in [0.15, 0.2) is 28.8 Å². The fourth-order valence-corrected chi connectivity index (χ4v) is 4.77. The highest BCUT2D eigenvalue weighted by atomic mass is 32.1. The second-order valence-corrected chi connectivity index (χ2v) is 8.25. The molecule has 1 saturated heterocycles. The van der Waals surface area contributed by atoms with E-state index in [1.807, 2.05) is 25.1 Å². The summed E-state index contributed by atoms with van der Waals surface area (Å²) < 4.78 is 11.5. The summed E-state index contributed by atoms with van der Waals surface area (Å²) in [6.07, 6.45) is 2.47. The summed E-state index contributed by atoms with van der Waals surface area (Å²) in [4.78, 5) is 31.5. The van der Waals surface area contributed by atoms with E-state index in [0.717, 1.165) is 28.1 Å². The minimum atomic E-state index is -0.561. The monoisotopic (exact) mass is 413 g/mol. The quantitative estimate of drug-likeness (QED) is 0.593. The van der Waals surface area contributed by atoms with Gasteiger partial charge in [0.15, 0.2) is 6.61 Å². The summed E-state index contributed by atoms with van der Waals surface area (Å²) in [6.45, 7) is 4.54. The number of aryl methyl sites for hydroxylation is 2. The van der Waals surface area contributed by atoms with Gasteiger partial charge >= 0.3 is 5.97 Å². The SMILES string of the molecule is CCc1noc(C)c1C(=O)OCC(=O)N1CCC[C@@H](c2nc3ccccc3s2)C1. The van der Waals surface area contributed by atoms with Crippen LogP contribution < -0.4 is 0 Å². The third kappa shape index (κ3) is 4.03. The molecule has 8 heteroatoms. The third-order valence-electron chi connectivity index (χ3n) is 5.23. The molecule has 1 aromatic carbocycles. The summed E-state index contributed by atoms with van der Waals surface area (Å²) >= 11 is 1.69. The third-order valence-corrected chi connectivity index (χ3v) is 6.43. The van der Waals surface area contributed by atoms with Gasteiger partial charge in [-0.2, -0.15) is 0 Å². The summed E-state index contributed by atoms with van der Waals surface area (Å²) in [5.74, 6) is -0.119. The average molecular weight is 413 g/mol. The molecule has 29 heavy (non-hydrogen) atoms. The molecular formula is C21H23N3O4S. The van der Waals surface area contributed by atoms with Crippen molar-refractivity contribution in [2.24, 2.45) is 0 Å². The number of para-hydroxylation sites is 1. The van der Waals surface area contributed by atoms with Crippen LogP contribution in [0.1, 0.15) is 52.5 Å². The zero-order chi connectivity index (χ0) is 20.4. The average Bonchev–Trinajstić information content (AvgIpc) is 3.35. The van der Waals surface area contributed by atoms with Crippen molar-refractivity contribution in [1.82, 2.24) is 15.0 Å². The van der Waals surface area contributed by atoms with E-state index in [2.05, 4.69) is 11.2 Å². The van der Waals surface area contributed by atoms with E-state index in [9.17, 15) is 9.59 Å². The van der Waals surface area contributed by atoms with Gasteiger partial charge in [-0.05, 0) is 38.3 Å². The molecule has 1 fully saturated rings. The van der Waals surface area contributed by atoms with E-state index < -0.39 is 5.97 Å². The second kappa shape index (κ2) is 8.32. The molecule has 3 aromatic rings. The molecule has 1 aliphatic heterocycles. The first-order valence-electron chi connectivity index (χ1n) is 9.82. The Morgan fingerprint density at radius 2 is 2.17 bits per heavy atom. The fourth-order valence-electron chi connectivity index (χ4n) is 3.68. The molecule has 0 radical (unpaired) electrons. The van der Waals surface area contributed by atoms with Crippen molar-refractivity contribution >= 4 is 33.4 Å². The Hall–Kier alpha value is -2.74. The van der Waals surface area contributed by atoms with Crippen molar-refractivity contribution in [3.05, 3.63) is 46.3 Å². The van der Waals surface area contributed by atoms with Gasteiger partial charge in [-0.1, -0.05) is 24.2 Å². The Morgan fingerprint density at radius 1 is 1.34 bits per heavy atom. The molecule has 7 nitrogen and oxygen atoms in total. The van der Waals surface area contributed by atoms with Crippen LogP contribution >= 0.6 is 11.3 Å². The molecule has 0 bridgehead atoms. The van der Waals surface area contributed by atoms with Gasteiger partial charge in [0.2, 0.25) is 0 Å². The lowest BCUT2D eigenvalue weighted by molar-refractivity contribution is -0.135. The van der Waals surface area contributed by atoms with Gasteiger partial charge in [0.1, 0.15) is 11.3 Å². The van der Waals surface area contributed by atoms with Crippen molar-refractivity contribution in [1.29, 1.82) is 0 Å². The highest BCUT2D eigenvalue weighted by Gasteiger charge is 2.28. The number of nitrogens with zero attached hydrogens (tertiary/aromatic N) is 3. The number of aromatic nitrogens is 2. The number of thiazole rings is 1. The lowest BCUT2D eigenvalue weighted by Crippen LogP contribution is -2.41. The molecule has 0 spiro atoms. The first kappa shape index (κ1) is 19.6. The summed E-state index contributed by atoms with van der Waals surface area (Å²) in [5, 5.41) is 4.92. The number of hydrogen-bond donors (Lipinski definition) is 0. The lowest BCUT2D eigenvalue weighted by atomic mass is 9.99. The van der Waals surface area contributed by atoms with E-state index in [0.29, 0.717) is 36.5 Å². The standard InChI is InChI=1S/C21H23N3O4S/c1-3-15-19(13(2)28-23-15)21(26)27-12-18(25)24-10-6-7-14(11-24)20-22-16-8-4-5-9-17(16)29-20/h4-5,8-9,14H,3,6-7,10-12H2,1-2H3/t14-/m1/s1. The maximum Gasteiger partial charge on any atom is 0.344 e. The highest BCUT2D eigenvalue weighted by molar-refractivity contribution is 7.18. The van der Waals surface area contributed by atoms with Gasteiger partial charge in [0.05, 0.1) is 20.9 Å². The molecule has 2 aromatic heterocycles. The Labute approximate surface area is 172 Å². The second-order valence-electron chi connectivity index (χ2n) is 7.19. The van der Waals surface area contributed by atoms with Crippen LogP contribution in [0.3, 0.4) is 0 Å². The molecular weight excluding hydrogens is 390 g/mol. The minimum Gasteiger partial charge on any atom is -0.452 e. The van der Waals surface area contributed by atoms with Crippen LogP contribution in [0.2, 0.25) is 0 Å².